The molecule has 0 spiro atoms. The van der Waals surface area contributed by atoms with Gasteiger partial charge < -0.3 is 4.74 Å². The van der Waals surface area contributed by atoms with E-state index in [1.807, 2.05) is 0 Å². The number of unbranched alkanes of at least 4 members (excludes halogenated alkanes) is 5. The standard InChI is InChI=1S/C16H34O/c1-6-8-9-10-11-12-13-15(16(3,4)5)17-14-7-2/h15H,6-14H2,1-5H3. The minimum Gasteiger partial charge on any atom is -0.378 e. The van der Waals surface area contributed by atoms with Crippen LogP contribution in [0.1, 0.15) is 86.0 Å². The Labute approximate surface area is 109 Å². The van der Waals surface area contributed by atoms with Crippen molar-refractivity contribution < 1.29 is 4.74 Å². The van der Waals surface area contributed by atoms with Crippen LogP contribution in [0.3, 0.4) is 0 Å². The normalized spacial score (nSPS) is 13.9. The molecule has 0 radical (unpaired) electrons. The fourth-order valence-electron chi connectivity index (χ4n) is 2.14. The Bertz CT molecular complexity index is 157. The first kappa shape index (κ1) is 17.0. The number of hydrogen-bond donors (Lipinski definition) is 0. The van der Waals surface area contributed by atoms with Crippen LogP contribution in [0.15, 0.2) is 0 Å². The molecule has 0 saturated carbocycles. The highest BCUT2D eigenvalue weighted by atomic mass is 16.5. The molecular weight excluding hydrogens is 208 g/mol. The van der Waals surface area contributed by atoms with Gasteiger partial charge in [0.1, 0.15) is 0 Å². The van der Waals surface area contributed by atoms with Crippen molar-refractivity contribution in [3.63, 3.8) is 0 Å². The maximum absolute atomic E-state index is 5.98. The van der Waals surface area contributed by atoms with E-state index in [2.05, 4.69) is 34.6 Å². The van der Waals surface area contributed by atoms with Crippen LogP contribution in [0.4, 0.5) is 0 Å². The molecule has 0 aliphatic carbocycles. The van der Waals surface area contributed by atoms with Crippen molar-refractivity contribution in [2.45, 2.75) is 92.1 Å². The molecule has 0 rings (SSSR count). The van der Waals surface area contributed by atoms with E-state index in [-0.39, 0.29) is 0 Å². The van der Waals surface area contributed by atoms with E-state index in [1.165, 1.54) is 44.9 Å². The van der Waals surface area contributed by atoms with Crippen molar-refractivity contribution >= 4 is 0 Å². The average molecular weight is 242 g/mol. The summed E-state index contributed by atoms with van der Waals surface area (Å²) >= 11 is 0. The predicted octanol–water partition coefficient (Wildman–Crippen LogP) is 5.58. The number of hydrogen-bond acceptors (Lipinski definition) is 1. The predicted molar refractivity (Wildman–Crippen MR) is 77.5 cm³/mol. The highest BCUT2D eigenvalue weighted by Crippen LogP contribution is 2.27. The SMILES string of the molecule is CCCCCCCCC(OCCC)C(C)(C)C. The fourth-order valence-corrected chi connectivity index (χ4v) is 2.14. The quantitative estimate of drug-likeness (QED) is 0.454. The van der Waals surface area contributed by atoms with Gasteiger partial charge in [0, 0.05) is 6.61 Å². The van der Waals surface area contributed by atoms with Crippen LogP contribution in [0.25, 0.3) is 0 Å². The molecule has 0 heterocycles. The minimum absolute atomic E-state index is 0.290. The van der Waals surface area contributed by atoms with Crippen molar-refractivity contribution in [1.29, 1.82) is 0 Å². The Hall–Kier alpha value is -0.0400. The molecule has 1 nitrogen and oxygen atoms in total. The summed E-state index contributed by atoms with van der Waals surface area (Å²) < 4.78 is 5.98. The largest absolute Gasteiger partial charge is 0.378 e. The minimum atomic E-state index is 0.290. The molecule has 17 heavy (non-hydrogen) atoms. The van der Waals surface area contributed by atoms with Crippen molar-refractivity contribution in [3.8, 4) is 0 Å². The second-order valence-corrected chi connectivity index (χ2v) is 6.28. The van der Waals surface area contributed by atoms with Gasteiger partial charge in [-0.1, -0.05) is 73.1 Å². The third kappa shape index (κ3) is 9.64. The Kier molecular flexibility index (Phi) is 9.91. The highest BCUT2D eigenvalue weighted by molar-refractivity contribution is 4.74. The summed E-state index contributed by atoms with van der Waals surface area (Å²) in [4.78, 5) is 0. The van der Waals surface area contributed by atoms with Gasteiger partial charge in [0.2, 0.25) is 0 Å². The molecule has 0 fully saturated rings. The molecule has 1 atom stereocenters. The van der Waals surface area contributed by atoms with Crippen molar-refractivity contribution in [2.24, 2.45) is 5.41 Å². The highest BCUT2D eigenvalue weighted by Gasteiger charge is 2.24. The van der Waals surface area contributed by atoms with Crippen molar-refractivity contribution in [3.05, 3.63) is 0 Å². The summed E-state index contributed by atoms with van der Waals surface area (Å²) in [6, 6.07) is 0. The second-order valence-electron chi connectivity index (χ2n) is 6.28. The molecule has 0 aromatic heterocycles. The first-order valence-electron chi connectivity index (χ1n) is 7.64. The van der Waals surface area contributed by atoms with Crippen molar-refractivity contribution in [2.75, 3.05) is 6.61 Å². The lowest BCUT2D eigenvalue weighted by Gasteiger charge is -2.30. The molecule has 0 amide bonds. The molecule has 0 N–H and O–H groups in total. The number of rotatable bonds is 10. The van der Waals surface area contributed by atoms with E-state index in [9.17, 15) is 0 Å². The third-order valence-corrected chi connectivity index (χ3v) is 3.31. The van der Waals surface area contributed by atoms with Crippen LogP contribution in [0.2, 0.25) is 0 Å². The zero-order valence-electron chi connectivity index (χ0n) is 12.8. The topological polar surface area (TPSA) is 9.23 Å². The van der Waals surface area contributed by atoms with Crippen LogP contribution in [-0.2, 0) is 4.74 Å². The molecule has 0 bridgehead atoms. The van der Waals surface area contributed by atoms with Gasteiger partial charge in [-0.2, -0.15) is 0 Å². The summed E-state index contributed by atoms with van der Waals surface area (Å²) in [6.07, 6.45) is 11.1. The Morgan fingerprint density at radius 2 is 1.41 bits per heavy atom. The van der Waals surface area contributed by atoms with Crippen LogP contribution >= 0.6 is 0 Å². The molecule has 0 aromatic carbocycles. The van der Waals surface area contributed by atoms with E-state index in [1.54, 1.807) is 0 Å². The lowest BCUT2D eigenvalue weighted by molar-refractivity contribution is -0.0238. The smallest absolute Gasteiger partial charge is 0.0623 e. The maximum atomic E-state index is 5.98. The van der Waals surface area contributed by atoms with Gasteiger partial charge in [-0.25, -0.2) is 0 Å². The Morgan fingerprint density at radius 3 is 1.94 bits per heavy atom. The summed E-state index contributed by atoms with van der Waals surface area (Å²) in [6.45, 7) is 12.3. The Balaban J connectivity index is 3.69. The molecular formula is C16H34O. The van der Waals surface area contributed by atoms with Gasteiger partial charge >= 0.3 is 0 Å². The van der Waals surface area contributed by atoms with Crippen LogP contribution < -0.4 is 0 Å². The molecule has 0 saturated heterocycles. The molecule has 0 aromatic rings. The van der Waals surface area contributed by atoms with E-state index in [0.717, 1.165) is 13.0 Å². The van der Waals surface area contributed by atoms with Crippen LogP contribution in [-0.4, -0.2) is 12.7 Å². The number of ether oxygens (including phenoxy) is 1. The summed E-state index contributed by atoms with van der Waals surface area (Å²) in [5.41, 5.74) is 0.290. The first-order chi connectivity index (χ1) is 8.02. The van der Waals surface area contributed by atoms with Gasteiger partial charge in [-0.3, -0.25) is 0 Å². The zero-order valence-corrected chi connectivity index (χ0v) is 12.8. The lowest BCUT2D eigenvalue weighted by Crippen LogP contribution is -2.29. The Morgan fingerprint density at radius 1 is 0.824 bits per heavy atom. The van der Waals surface area contributed by atoms with E-state index in [0.29, 0.717) is 11.5 Å². The summed E-state index contributed by atoms with van der Waals surface area (Å²) in [5, 5.41) is 0. The van der Waals surface area contributed by atoms with Crippen LogP contribution in [0, 0.1) is 5.41 Å². The van der Waals surface area contributed by atoms with E-state index < -0.39 is 0 Å². The monoisotopic (exact) mass is 242 g/mol. The molecule has 1 heteroatoms. The molecule has 0 aliphatic heterocycles. The van der Waals surface area contributed by atoms with Crippen LogP contribution in [0.5, 0.6) is 0 Å². The molecule has 1 unspecified atom stereocenters. The first-order valence-corrected chi connectivity index (χ1v) is 7.64. The summed E-state index contributed by atoms with van der Waals surface area (Å²) in [5.74, 6) is 0. The average Bonchev–Trinajstić information content (AvgIpc) is 2.25. The van der Waals surface area contributed by atoms with Gasteiger partial charge in [-0.15, -0.1) is 0 Å². The van der Waals surface area contributed by atoms with Gasteiger partial charge in [0.15, 0.2) is 0 Å². The lowest BCUT2D eigenvalue weighted by atomic mass is 9.85. The van der Waals surface area contributed by atoms with Crippen molar-refractivity contribution in [1.82, 2.24) is 0 Å². The molecule has 0 aliphatic rings. The summed E-state index contributed by atoms with van der Waals surface area (Å²) in [7, 11) is 0. The van der Waals surface area contributed by atoms with Gasteiger partial charge in [-0.05, 0) is 18.3 Å². The third-order valence-electron chi connectivity index (χ3n) is 3.31. The maximum Gasteiger partial charge on any atom is 0.0623 e. The van der Waals surface area contributed by atoms with E-state index in [4.69, 9.17) is 4.74 Å². The fraction of sp³-hybridized carbons (Fsp3) is 1.00. The second kappa shape index (κ2) is 9.94. The van der Waals surface area contributed by atoms with E-state index >= 15 is 0 Å². The van der Waals surface area contributed by atoms with Gasteiger partial charge in [0.05, 0.1) is 6.10 Å². The zero-order chi connectivity index (χ0) is 13.1. The van der Waals surface area contributed by atoms with Gasteiger partial charge in [0.25, 0.3) is 0 Å². The molecule has 104 valence electrons.